The maximum atomic E-state index is 15.2. The Hall–Kier alpha value is -0.935. The molecule has 0 fully saturated rings. The summed E-state index contributed by atoms with van der Waals surface area (Å²) in [5, 5.41) is 0. The SMILES string of the molecule is COc1ccc(I)cc1C1=C2C=CC(Br)=[N+]2[B-](F)(F)n2c(Br)ccc21. The fourth-order valence-electron chi connectivity index (χ4n) is 3.28. The van der Waals surface area contributed by atoms with Gasteiger partial charge in [0.1, 0.15) is 5.75 Å². The smallest absolute Gasteiger partial charge is 0.496 e. The van der Waals surface area contributed by atoms with Crippen LogP contribution in [0, 0.1) is 3.57 Å². The molecule has 1 aromatic heterocycles. The second-order valence-electron chi connectivity index (χ2n) is 5.63. The van der Waals surface area contributed by atoms with Gasteiger partial charge in [-0.1, -0.05) is 0 Å². The lowest BCUT2D eigenvalue weighted by atomic mass is 9.86. The van der Waals surface area contributed by atoms with Crippen molar-refractivity contribution in [2.24, 2.45) is 0 Å². The van der Waals surface area contributed by atoms with Crippen LogP contribution < -0.4 is 4.74 Å². The molecule has 2 aliphatic rings. The second kappa shape index (κ2) is 6.05. The van der Waals surface area contributed by atoms with E-state index in [1.54, 1.807) is 31.4 Å². The topological polar surface area (TPSA) is 17.2 Å². The Labute approximate surface area is 173 Å². The minimum Gasteiger partial charge on any atom is -0.496 e. The number of hydrogen-bond donors (Lipinski definition) is 0. The van der Waals surface area contributed by atoms with Gasteiger partial charge in [0.2, 0.25) is 4.62 Å². The van der Waals surface area contributed by atoms with Gasteiger partial charge in [-0.2, -0.15) is 0 Å². The molecule has 0 saturated carbocycles. The van der Waals surface area contributed by atoms with Crippen LogP contribution in [0.4, 0.5) is 8.63 Å². The zero-order valence-corrected chi connectivity index (χ0v) is 18.1. The molecule has 0 spiro atoms. The molecule has 0 N–H and O–H groups in total. The zero-order chi connectivity index (χ0) is 17.9. The Morgan fingerprint density at radius 2 is 1.92 bits per heavy atom. The summed E-state index contributed by atoms with van der Waals surface area (Å²) < 4.78 is 39.7. The summed E-state index contributed by atoms with van der Waals surface area (Å²) in [6.45, 7) is -4.01. The predicted molar refractivity (Wildman–Crippen MR) is 111 cm³/mol. The van der Waals surface area contributed by atoms with Gasteiger partial charge < -0.3 is 22.3 Å². The Balaban J connectivity index is 2.13. The summed E-state index contributed by atoms with van der Waals surface area (Å²) in [5.74, 6) is 0.640. The quantitative estimate of drug-likeness (QED) is 0.351. The molecule has 128 valence electrons. The highest BCUT2D eigenvalue weighted by atomic mass is 127. The van der Waals surface area contributed by atoms with Crippen molar-refractivity contribution in [1.82, 2.24) is 4.48 Å². The lowest BCUT2D eigenvalue weighted by Crippen LogP contribution is -2.50. The molecule has 0 bridgehead atoms. The van der Waals surface area contributed by atoms with E-state index in [-0.39, 0.29) is 0 Å². The minimum absolute atomic E-state index is 0.334. The molecule has 0 unspecified atom stereocenters. The highest BCUT2D eigenvalue weighted by molar-refractivity contribution is 14.1. The van der Waals surface area contributed by atoms with Crippen LogP contribution >= 0.6 is 54.5 Å². The van der Waals surface area contributed by atoms with E-state index in [1.807, 2.05) is 18.2 Å². The van der Waals surface area contributed by atoms with Crippen molar-refractivity contribution >= 4 is 71.6 Å². The highest BCUT2D eigenvalue weighted by Crippen LogP contribution is 2.44. The van der Waals surface area contributed by atoms with Crippen LogP contribution in [-0.4, -0.2) is 27.7 Å². The first-order chi connectivity index (χ1) is 11.9. The fraction of sp³-hybridized carbons (Fsp3) is 0.0625. The third-order valence-corrected chi connectivity index (χ3v) is 6.27. The molecule has 2 aromatic rings. The van der Waals surface area contributed by atoms with Gasteiger partial charge in [0, 0.05) is 42.9 Å². The third-order valence-electron chi connectivity index (χ3n) is 4.30. The zero-order valence-electron chi connectivity index (χ0n) is 12.8. The van der Waals surface area contributed by atoms with E-state index in [2.05, 4.69) is 54.5 Å². The van der Waals surface area contributed by atoms with Crippen molar-refractivity contribution in [3.63, 3.8) is 0 Å². The number of rotatable bonds is 2. The van der Waals surface area contributed by atoms with Crippen LogP contribution in [0.5, 0.6) is 5.75 Å². The van der Waals surface area contributed by atoms with Crippen molar-refractivity contribution in [3.05, 3.63) is 67.6 Å². The summed E-state index contributed by atoms with van der Waals surface area (Å²) >= 11 is 8.74. The van der Waals surface area contributed by atoms with Gasteiger partial charge in [0.15, 0.2) is 5.70 Å². The van der Waals surface area contributed by atoms with E-state index in [4.69, 9.17) is 4.74 Å². The summed E-state index contributed by atoms with van der Waals surface area (Å²) in [4.78, 5) is 0. The van der Waals surface area contributed by atoms with Gasteiger partial charge in [-0.15, -0.1) is 0 Å². The van der Waals surface area contributed by atoms with Gasteiger partial charge in [-0.05, 0) is 68.9 Å². The molecule has 9 heteroatoms. The standard InChI is InChI=1S/C16H10BBr2F2IN2O/c1-25-13-5-2-9(22)8-10(13)16-11-3-6-14(18)23(11)17(20,21)24-12(16)4-7-15(24)19/h2-8H,1H3. The predicted octanol–water partition coefficient (Wildman–Crippen LogP) is 5.24. The Morgan fingerprint density at radius 3 is 2.64 bits per heavy atom. The average molecular weight is 582 g/mol. The monoisotopic (exact) mass is 580 g/mol. The number of benzene rings is 1. The summed E-state index contributed by atoms with van der Waals surface area (Å²) in [6.07, 6.45) is 3.35. The summed E-state index contributed by atoms with van der Waals surface area (Å²) in [7, 11) is 1.58. The Morgan fingerprint density at radius 1 is 1.16 bits per heavy atom. The van der Waals surface area contributed by atoms with Crippen LogP contribution in [0.15, 0.2) is 52.8 Å². The molecular formula is C16H10BBr2F2IN2O. The molecule has 1 aromatic carbocycles. The number of aromatic nitrogens is 1. The van der Waals surface area contributed by atoms with Crippen LogP contribution in [0.2, 0.25) is 0 Å². The fourth-order valence-corrected chi connectivity index (χ4v) is 4.91. The highest BCUT2D eigenvalue weighted by Gasteiger charge is 2.54. The largest absolute Gasteiger partial charge is 0.738 e. The number of allylic oxidation sites excluding steroid dienone is 2. The van der Waals surface area contributed by atoms with Gasteiger partial charge in [0.25, 0.3) is 0 Å². The van der Waals surface area contributed by atoms with Crippen LogP contribution in [0.25, 0.3) is 5.57 Å². The molecule has 0 aliphatic carbocycles. The molecule has 0 atom stereocenters. The number of halogens is 5. The molecule has 4 rings (SSSR count). The van der Waals surface area contributed by atoms with Crippen molar-refractivity contribution in [1.29, 1.82) is 0 Å². The van der Waals surface area contributed by atoms with Gasteiger partial charge >= 0.3 is 6.97 Å². The first kappa shape index (κ1) is 17.5. The number of ether oxygens (including phenoxy) is 1. The van der Waals surface area contributed by atoms with Crippen molar-refractivity contribution in [3.8, 4) is 5.75 Å². The first-order valence-corrected chi connectivity index (χ1v) is 10.0. The Bertz CT molecular complexity index is 1010. The minimum atomic E-state index is -4.01. The summed E-state index contributed by atoms with van der Waals surface area (Å²) in [6, 6.07) is 9.08. The van der Waals surface area contributed by atoms with E-state index >= 15 is 8.63 Å². The van der Waals surface area contributed by atoms with E-state index in [0.29, 0.717) is 31.9 Å². The summed E-state index contributed by atoms with van der Waals surface area (Å²) in [5.41, 5.74) is 2.39. The van der Waals surface area contributed by atoms with E-state index in [0.717, 1.165) is 18.1 Å². The van der Waals surface area contributed by atoms with E-state index < -0.39 is 6.97 Å². The van der Waals surface area contributed by atoms with E-state index in [9.17, 15) is 0 Å². The molecule has 2 aliphatic heterocycles. The number of nitrogens with zero attached hydrogens (tertiary/aromatic N) is 2. The van der Waals surface area contributed by atoms with Gasteiger partial charge in [-0.3, -0.25) is 0 Å². The number of fused-ring (bicyclic) bond motifs is 2. The molecule has 25 heavy (non-hydrogen) atoms. The van der Waals surface area contributed by atoms with Crippen molar-refractivity contribution in [2.45, 2.75) is 0 Å². The molecule has 3 heterocycles. The van der Waals surface area contributed by atoms with Gasteiger partial charge in [-0.25, -0.2) is 0 Å². The lowest BCUT2D eigenvalue weighted by Gasteiger charge is -2.32. The molecule has 0 amide bonds. The maximum Gasteiger partial charge on any atom is 0.738 e. The van der Waals surface area contributed by atoms with Crippen molar-refractivity contribution in [2.75, 3.05) is 7.11 Å². The molecular weight excluding hydrogens is 572 g/mol. The normalized spacial score (nSPS) is 17.8. The molecule has 0 radical (unpaired) electrons. The Kier molecular flexibility index (Phi) is 4.23. The van der Waals surface area contributed by atoms with Crippen molar-refractivity contribution < 1.29 is 17.9 Å². The van der Waals surface area contributed by atoms with Crippen LogP contribution in [0.3, 0.4) is 0 Å². The molecule has 0 saturated heterocycles. The molecule has 3 nitrogen and oxygen atoms in total. The maximum absolute atomic E-state index is 15.2. The van der Waals surface area contributed by atoms with Crippen LogP contribution in [0.1, 0.15) is 11.3 Å². The number of methoxy groups -OCH3 is 1. The third kappa shape index (κ3) is 2.49. The van der Waals surface area contributed by atoms with E-state index in [1.165, 1.54) is 0 Å². The second-order valence-corrected chi connectivity index (χ2v) is 8.50. The lowest BCUT2D eigenvalue weighted by molar-refractivity contribution is -0.358. The average Bonchev–Trinajstić information content (AvgIpc) is 3.13. The number of hydrogen-bond acceptors (Lipinski definition) is 1. The first-order valence-electron chi connectivity index (χ1n) is 7.34. The van der Waals surface area contributed by atoms with Crippen LogP contribution in [-0.2, 0) is 0 Å². The van der Waals surface area contributed by atoms with Gasteiger partial charge in [0.05, 0.1) is 17.3 Å².